The third-order valence-electron chi connectivity index (χ3n) is 3.99. The molecule has 9 heteroatoms. The van der Waals surface area contributed by atoms with Crippen LogP contribution in [-0.2, 0) is 11.8 Å². The van der Waals surface area contributed by atoms with Crippen molar-refractivity contribution in [1.82, 2.24) is 0 Å². The average molecular weight is 368 g/mol. The zero-order valence-electron chi connectivity index (χ0n) is 15.4. The molecular weight excluding hydrogens is 344 g/mol. The van der Waals surface area contributed by atoms with Gasteiger partial charge in [0.1, 0.15) is 5.56 Å². The number of nitro groups is 2. The highest BCUT2D eigenvalue weighted by atomic mass is 16.7. The van der Waals surface area contributed by atoms with Crippen molar-refractivity contribution in [3.05, 3.63) is 37.4 Å². The van der Waals surface area contributed by atoms with Crippen LogP contribution in [0.3, 0.4) is 0 Å². The van der Waals surface area contributed by atoms with Gasteiger partial charge in [-0.05, 0) is 18.3 Å². The average Bonchev–Trinajstić information content (AvgIpc) is 2.48. The molecule has 0 atom stereocenters. The lowest BCUT2D eigenvalue weighted by atomic mass is 9.84. The number of rotatable bonds is 8. The second-order valence-electron chi connectivity index (χ2n) is 7.04. The number of benzene rings is 1. The Morgan fingerprint density at radius 3 is 2.19 bits per heavy atom. The van der Waals surface area contributed by atoms with Crippen molar-refractivity contribution in [1.29, 1.82) is 0 Å². The molecular formula is C17H24N2O7. The first-order chi connectivity index (χ1) is 12.0. The fraction of sp³-hybridized carbons (Fsp3) is 0.588. The van der Waals surface area contributed by atoms with Crippen LogP contribution in [0.1, 0.15) is 64.5 Å². The molecule has 1 rings (SSSR count). The molecule has 1 aromatic rings. The number of hydrogen-bond acceptors (Lipinski definition) is 6. The number of ether oxygens (including phenoxy) is 1. The van der Waals surface area contributed by atoms with Gasteiger partial charge in [0.05, 0.1) is 9.85 Å². The minimum absolute atomic E-state index is 0.0969. The van der Waals surface area contributed by atoms with E-state index in [1.165, 1.54) is 6.07 Å². The standard InChI is InChI=1S/C17H24N2O7/c1-5-6-7-8-9-11-13(18(22)23)10-12(17(2,3)4)15(26-16(20)21)14(11)19(24)25/h10H,5-9H2,1-4H3,(H,20,21). The largest absolute Gasteiger partial charge is 0.511 e. The van der Waals surface area contributed by atoms with Gasteiger partial charge in [-0.15, -0.1) is 0 Å². The maximum absolute atomic E-state index is 11.7. The first-order valence-corrected chi connectivity index (χ1v) is 8.40. The van der Waals surface area contributed by atoms with Crippen molar-refractivity contribution >= 4 is 17.5 Å². The van der Waals surface area contributed by atoms with Crippen LogP contribution in [0.2, 0.25) is 0 Å². The van der Waals surface area contributed by atoms with Crippen LogP contribution >= 0.6 is 0 Å². The third kappa shape index (κ3) is 5.14. The Bertz CT molecular complexity index is 708. The molecule has 0 aliphatic rings. The summed E-state index contributed by atoms with van der Waals surface area (Å²) in [5.41, 5.74) is -1.80. The van der Waals surface area contributed by atoms with Crippen LogP contribution in [0.5, 0.6) is 5.75 Å². The second-order valence-corrected chi connectivity index (χ2v) is 7.04. The van der Waals surface area contributed by atoms with Gasteiger partial charge in [0.15, 0.2) is 0 Å². The summed E-state index contributed by atoms with van der Waals surface area (Å²) in [6, 6.07) is 1.19. The Hall–Kier alpha value is -2.71. The zero-order valence-corrected chi connectivity index (χ0v) is 15.4. The summed E-state index contributed by atoms with van der Waals surface area (Å²) in [7, 11) is 0. The van der Waals surface area contributed by atoms with E-state index in [9.17, 15) is 25.0 Å². The molecule has 0 saturated carbocycles. The van der Waals surface area contributed by atoms with Crippen molar-refractivity contribution in [3.8, 4) is 5.75 Å². The Morgan fingerprint density at radius 2 is 1.77 bits per heavy atom. The van der Waals surface area contributed by atoms with Crippen molar-refractivity contribution in [2.24, 2.45) is 0 Å². The highest BCUT2D eigenvalue weighted by molar-refractivity contribution is 5.72. The minimum atomic E-state index is -1.70. The fourth-order valence-electron chi connectivity index (χ4n) is 2.75. The first kappa shape index (κ1) is 21.3. The Morgan fingerprint density at radius 1 is 1.15 bits per heavy atom. The van der Waals surface area contributed by atoms with Gasteiger partial charge in [-0.3, -0.25) is 20.2 Å². The number of carboxylic acid groups (broad SMARTS) is 1. The fourth-order valence-corrected chi connectivity index (χ4v) is 2.75. The molecule has 26 heavy (non-hydrogen) atoms. The van der Waals surface area contributed by atoms with Crippen molar-refractivity contribution in [3.63, 3.8) is 0 Å². The summed E-state index contributed by atoms with van der Waals surface area (Å²) in [6.07, 6.45) is 1.54. The molecule has 0 aromatic heterocycles. The molecule has 9 nitrogen and oxygen atoms in total. The summed E-state index contributed by atoms with van der Waals surface area (Å²) < 4.78 is 4.72. The van der Waals surface area contributed by atoms with Gasteiger partial charge in [0.25, 0.3) is 5.69 Å². The maximum Gasteiger partial charge on any atom is 0.511 e. The molecule has 0 saturated heterocycles. The van der Waals surface area contributed by atoms with E-state index in [1.807, 2.05) is 6.92 Å². The number of carbonyl (C=O) groups is 1. The van der Waals surface area contributed by atoms with Crippen molar-refractivity contribution in [2.45, 2.75) is 65.2 Å². The monoisotopic (exact) mass is 368 g/mol. The normalized spacial score (nSPS) is 11.2. The highest BCUT2D eigenvalue weighted by Gasteiger charge is 2.37. The third-order valence-corrected chi connectivity index (χ3v) is 3.99. The molecule has 0 aliphatic heterocycles. The minimum Gasteiger partial charge on any atom is -0.449 e. The van der Waals surface area contributed by atoms with Crippen molar-refractivity contribution < 1.29 is 24.5 Å². The SMILES string of the molecule is CCCCCCc1c([N+](=O)[O-])cc(C(C)(C)C)c(OC(=O)O)c1[N+](=O)[O-]. The van der Waals surface area contributed by atoms with Gasteiger partial charge < -0.3 is 9.84 Å². The summed E-state index contributed by atoms with van der Waals surface area (Å²) in [5.74, 6) is -0.439. The van der Waals surface area contributed by atoms with Crippen LogP contribution < -0.4 is 4.74 Å². The quantitative estimate of drug-likeness (QED) is 0.225. The van der Waals surface area contributed by atoms with Crippen LogP contribution in [-0.4, -0.2) is 21.1 Å². The van der Waals surface area contributed by atoms with Crippen LogP contribution in [0.15, 0.2) is 6.07 Å². The molecule has 0 aliphatic carbocycles. The van der Waals surface area contributed by atoms with Gasteiger partial charge in [-0.1, -0.05) is 47.0 Å². The van der Waals surface area contributed by atoms with E-state index in [0.717, 1.165) is 19.3 Å². The van der Waals surface area contributed by atoms with Gasteiger partial charge in [-0.25, -0.2) is 4.79 Å². The molecule has 0 radical (unpaired) electrons. The molecule has 144 valence electrons. The lowest BCUT2D eigenvalue weighted by Crippen LogP contribution is -2.18. The van der Waals surface area contributed by atoms with E-state index in [2.05, 4.69) is 0 Å². The van der Waals surface area contributed by atoms with Crippen molar-refractivity contribution in [2.75, 3.05) is 0 Å². The number of unbranched alkanes of at least 4 members (excludes halogenated alkanes) is 3. The van der Waals surface area contributed by atoms with E-state index in [1.54, 1.807) is 20.8 Å². The second kappa shape index (κ2) is 8.59. The first-order valence-electron chi connectivity index (χ1n) is 8.40. The molecule has 1 aromatic carbocycles. The smallest absolute Gasteiger partial charge is 0.449 e. The number of hydrogen-bond donors (Lipinski definition) is 1. The van der Waals surface area contributed by atoms with E-state index in [-0.39, 0.29) is 23.2 Å². The summed E-state index contributed by atoms with van der Waals surface area (Å²) in [6.45, 7) is 7.02. The van der Waals surface area contributed by atoms with Gasteiger partial charge in [0.2, 0.25) is 5.75 Å². The lowest BCUT2D eigenvalue weighted by Gasteiger charge is -2.22. The molecule has 0 heterocycles. The van der Waals surface area contributed by atoms with Gasteiger partial charge >= 0.3 is 11.8 Å². The predicted octanol–water partition coefficient (Wildman–Crippen LogP) is 4.98. The number of nitro benzene ring substituents is 2. The van der Waals surface area contributed by atoms with Gasteiger partial charge in [0, 0.05) is 11.6 Å². The number of nitrogens with zero attached hydrogens (tertiary/aromatic N) is 2. The summed E-state index contributed by atoms with van der Waals surface area (Å²) in [5, 5.41) is 32.2. The molecule has 0 spiro atoms. The van der Waals surface area contributed by atoms with Gasteiger partial charge in [-0.2, -0.15) is 0 Å². The topological polar surface area (TPSA) is 133 Å². The lowest BCUT2D eigenvalue weighted by molar-refractivity contribution is -0.396. The Labute approximate surface area is 151 Å². The van der Waals surface area contributed by atoms with E-state index in [4.69, 9.17) is 9.84 Å². The van der Waals surface area contributed by atoms with E-state index < -0.39 is 32.9 Å². The Balaban J connectivity index is 3.71. The summed E-state index contributed by atoms with van der Waals surface area (Å²) >= 11 is 0. The van der Waals surface area contributed by atoms with E-state index in [0.29, 0.717) is 6.42 Å². The maximum atomic E-state index is 11.7. The van der Waals surface area contributed by atoms with Crippen LogP contribution in [0, 0.1) is 20.2 Å². The molecule has 0 unspecified atom stereocenters. The molecule has 0 bridgehead atoms. The van der Waals surface area contributed by atoms with E-state index >= 15 is 0 Å². The molecule has 1 N–H and O–H groups in total. The predicted molar refractivity (Wildman–Crippen MR) is 94.9 cm³/mol. The summed E-state index contributed by atoms with van der Waals surface area (Å²) in [4.78, 5) is 32.8. The van der Waals surface area contributed by atoms with Crippen LogP contribution in [0.25, 0.3) is 0 Å². The van der Waals surface area contributed by atoms with Crippen LogP contribution in [0.4, 0.5) is 16.2 Å². The molecule has 0 fully saturated rings. The molecule has 0 amide bonds. The highest BCUT2D eigenvalue weighted by Crippen LogP contribution is 2.45. The Kier molecular flexibility index (Phi) is 7.05. The zero-order chi connectivity index (χ0) is 20.1.